The summed E-state index contributed by atoms with van der Waals surface area (Å²) in [6.07, 6.45) is 1.32. The molecule has 0 saturated carbocycles. The molecule has 0 radical (unpaired) electrons. The summed E-state index contributed by atoms with van der Waals surface area (Å²) in [5, 5.41) is 7.17. The fraction of sp³-hybridized carbons (Fsp3) is 0.353. The number of anilines is 1. The summed E-state index contributed by atoms with van der Waals surface area (Å²) in [6.45, 7) is 3.42. The van der Waals surface area contributed by atoms with Gasteiger partial charge < -0.3 is 10.2 Å². The number of amides is 1. The molecule has 3 rings (SSSR count). The predicted molar refractivity (Wildman–Crippen MR) is 108 cm³/mol. The molecule has 10 heteroatoms. The lowest BCUT2D eigenvalue weighted by molar-refractivity contribution is -0.121. The zero-order chi connectivity index (χ0) is 19.6. The quantitative estimate of drug-likeness (QED) is 0.804. The van der Waals surface area contributed by atoms with Crippen molar-refractivity contribution in [2.24, 2.45) is 0 Å². The lowest BCUT2D eigenvalue weighted by atomic mass is 10.2. The summed E-state index contributed by atoms with van der Waals surface area (Å²) in [5.41, 5.74) is 0.870. The van der Waals surface area contributed by atoms with E-state index in [0.29, 0.717) is 17.3 Å². The maximum absolute atomic E-state index is 12.2. The Morgan fingerprint density at radius 1 is 1.15 bits per heavy atom. The maximum Gasteiger partial charge on any atom is 0.291 e. The molecule has 27 heavy (non-hydrogen) atoms. The summed E-state index contributed by atoms with van der Waals surface area (Å²) >= 11 is 18.2. The molecule has 144 valence electrons. The van der Waals surface area contributed by atoms with Gasteiger partial charge in [0.25, 0.3) is 5.56 Å². The van der Waals surface area contributed by atoms with E-state index < -0.39 is 5.56 Å². The molecular formula is C17H18Cl3N5O2. The number of halogens is 3. The van der Waals surface area contributed by atoms with E-state index in [2.05, 4.69) is 20.2 Å². The first-order valence-electron chi connectivity index (χ1n) is 8.32. The van der Waals surface area contributed by atoms with Crippen LogP contribution in [0.1, 0.15) is 0 Å². The van der Waals surface area contributed by atoms with Crippen LogP contribution in [-0.2, 0) is 4.79 Å². The van der Waals surface area contributed by atoms with Crippen LogP contribution in [0, 0.1) is 0 Å². The Hall–Kier alpha value is -1.80. The molecular weight excluding hydrogens is 413 g/mol. The highest BCUT2D eigenvalue weighted by molar-refractivity contribution is 6.41. The van der Waals surface area contributed by atoms with E-state index in [1.54, 1.807) is 19.2 Å². The van der Waals surface area contributed by atoms with Gasteiger partial charge in [-0.1, -0.05) is 34.8 Å². The molecule has 1 aliphatic heterocycles. The van der Waals surface area contributed by atoms with Crippen LogP contribution in [0.2, 0.25) is 15.1 Å². The number of aromatic nitrogens is 2. The van der Waals surface area contributed by atoms with E-state index in [1.807, 2.05) is 6.07 Å². The highest BCUT2D eigenvalue weighted by atomic mass is 35.5. The van der Waals surface area contributed by atoms with E-state index >= 15 is 0 Å². The highest BCUT2D eigenvalue weighted by Crippen LogP contribution is 2.29. The Morgan fingerprint density at radius 3 is 2.48 bits per heavy atom. The zero-order valence-corrected chi connectivity index (χ0v) is 16.9. The average molecular weight is 431 g/mol. The summed E-state index contributed by atoms with van der Waals surface area (Å²) < 4.78 is 1.16. The molecule has 1 amide bonds. The van der Waals surface area contributed by atoms with Crippen LogP contribution in [-0.4, -0.2) is 60.4 Å². The molecule has 0 unspecified atom stereocenters. The van der Waals surface area contributed by atoms with Crippen molar-refractivity contribution in [2.45, 2.75) is 0 Å². The number of carbonyl (C=O) groups excluding carboxylic acids is 1. The first-order chi connectivity index (χ1) is 12.9. The monoisotopic (exact) mass is 429 g/mol. The summed E-state index contributed by atoms with van der Waals surface area (Å²) in [7, 11) is 1.63. The lowest BCUT2D eigenvalue weighted by Gasteiger charge is -2.36. The van der Waals surface area contributed by atoms with E-state index in [0.717, 1.165) is 36.5 Å². The van der Waals surface area contributed by atoms with Crippen LogP contribution >= 0.6 is 34.8 Å². The van der Waals surface area contributed by atoms with E-state index in [9.17, 15) is 9.59 Å². The Morgan fingerprint density at radius 2 is 1.85 bits per heavy atom. The zero-order valence-electron chi connectivity index (χ0n) is 14.6. The van der Waals surface area contributed by atoms with Gasteiger partial charge in [0.1, 0.15) is 5.02 Å². The Labute approximate surface area is 171 Å². The van der Waals surface area contributed by atoms with Crippen LogP contribution in [0.25, 0.3) is 5.69 Å². The fourth-order valence-electron chi connectivity index (χ4n) is 2.91. The molecule has 2 heterocycles. The lowest BCUT2D eigenvalue weighted by Crippen LogP contribution is -2.49. The van der Waals surface area contributed by atoms with Gasteiger partial charge in [0.05, 0.1) is 34.2 Å². The van der Waals surface area contributed by atoms with Crippen molar-refractivity contribution in [1.82, 2.24) is 20.0 Å². The van der Waals surface area contributed by atoms with Gasteiger partial charge in [-0.25, -0.2) is 0 Å². The van der Waals surface area contributed by atoms with E-state index in [4.69, 9.17) is 34.8 Å². The van der Waals surface area contributed by atoms with Crippen LogP contribution in [0.4, 0.5) is 5.69 Å². The molecule has 0 aliphatic carbocycles. The molecule has 1 saturated heterocycles. The van der Waals surface area contributed by atoms with Crippen molar-refractivity contribution in [3.05, 3.63) is 49.8 Å². The second kappa shape index (κ2) is 8.48. The summed E-state index contributed by atoms with van der Waals surface area (Å²) in [4.78, 5) is 28.0. The third kappa shape index (κ3) is 4.38. The minimum absolute atomic E-state index is 0.00500. The predicted octanol–water partition coefficient (Wildman–Crippen LogP) is 2.06. The van der Waals surface area contributed by atoms with Gasteiger partial charge in [-0.05, 0) is 18.2 Å². The average Bonchev–Trinajstić information content (AvgIpc) is 2.67. The number of hydrogen-bond donors (Lipinski definition) is 1. The molecule has 0 spiro atoms. The maximum atomic E-state index is 12.2. The third-order valence-corrected chi connectivity index (χ3v) is 5.46. The number of nitrogens with one attached hydrogen (secondary N) is 1. The van der Waals surface area contributed by atoms with Gasteiger partial charge in [0.15, 0.2) is 0 Å². The van der Waals surface area contributed by atoms with Crippen molar-refractivity contribution in [2.75, 3.05) is 44.7 Å². The van der Waals surface area contributed by atoms with Crippen LogP contribution in [0.15, 0.2) is 29.2 Å². The van der Waals surface area contributed by atoms with Gasteiger partial charge in [-0.2, -0.15) is 9.78 Å². The molecule has 1 aliphatic rings. The Bertz CT molecular complexity index is 910. The normalized spacial score (nSPS) is 15.0. The molecule has 1 fully saturated rings. The smallest absolute Gasteiger partial charge is 0.291 e. The molecule has 7 nitrogen and oxygen atoms in total. The van der Waals surface area contributed by atoms with Crippen LogP contribution in [0.5, 0.6) is 0 Å². The van der Waals surface area contributed by atoms with E-state index in [1.165, 1.54) is 6.20 Å². The van der Waals surface area contributed by atoms with Gasteiger partial charge in [-0.15, -0.1) is 0 Å². The van der Waals surface area contributed by atoms with Crippen molar-refractivity contribution in [1.29, 1.82) is 0 Å². The van der Waals surface area contributed by atoms with Crippen LogP contribution < -0.4 is 15.8 Å². The molecule has 0 atom stereocenters. The Kier molecular flexibility index (Phi) is 6.26. The fourth-order valence-corrected chi connectivity index (χ4v) is 3.46. The number of nitrogens with zero attached hydrogens (tertiary/aromatic N) is 4. The first-order valence-corrected chi connectivity index (χ1v) is 9.45. The number of likely N-dealkylation sites (N-methyl/N-ethyl adjacent to an activating group) is 1. The van der Waals surface area contributed by atoms with Gasteiger partial charge in [0, 0.05) is 33.2 Å². The van der Waals surface area contributed by atoms with Crippen molar-refractivity contribution in [3.8, 4) is 5.69 Å². The van der Waals surface area contributed by atoms with Crippen molar-refractivity contribution in [3.63, 3.8) is 0 Å². The van der Waals surface area contributed by atoms with Crippen LogP contribution in [0.3, 0.4) is 0 Å². The third-order valence-electron chi connectivity index (χ3n) is 4.41. The highest BCUT2D eigenvalue weighted by Gasteiger charge is 2.21. The number of benzene rings is 1. The standard InChI is InChI=1S/C17H18Cl3N5O2/c1-21-15(26)10-23-4-6-24(7-5-23)14-3-2-11(8-12(14)18)25-17(27)16(20)13(19)9-22-25/h2-3,8-9H,4-7,10H2,1H3,(H,21,26). The van der Waals surface area contributed by atoms with Gasteiger partial charge in [-0.3, -0.25) is 14.5 Å². The summed E-state index contributed by atoms with van der Waals surface area (Å²) in [6, 6.07) is 5.28. The molecule has 1 N–H and O–H groups in total. The molecule has 1 aromatic heterocycles. The molecule has 1 aromatic carbocycles. The Balaban J connectivity index is 1.76. The number of rotatable bonds is 4. The topological polar surface area (TPSA) is 70.5 Å². The second-order valence-corrected chi connectivity index (χ2v) is 7.29. The first kappa shape index (κ1) is 19.9. The minimum atomic E-state index is -0.504. The largest absolute Gasteiger partial charge is 0.368 e. The minimum Gasteiger partial charge on any atom is -0.368 e. The number of piperazine rings is 1. The summed E-state index contributed by atoms with van der Waals surface area (Å²) in [5.74, 6) is 0.00500. The number of hydrogen-bond acceptors (Lipinski definition) is 5. The van der Waals surface area contributed by atoms with Crippen molar-refractivity contribution < 1.29 is 4.79 Å². The van der Waals surface area contributed by atoms with E-state index in [-0.39, 0.29) is 16.0 Å². The van der Waals surface area contributed by atoms with Gasteiger partial charge in [0.2, 0.25) is 5.91 Å². The second-order valence-electron chi connectivity index (χ2n) is 6.10. The van der Waals surface area contributed by atoms with Crippen molar-refractivity contribution >= 4 is 46.4 Å². The molecule has 2 aromatic rings. The SMILES string of the molecule is CNC(=O)CN1CCN(c2ccc(-n3ncc(Cl)c(Cl)c3=O)cc2Cl)CC1. The van der Waals surface area contributed by atoms with Gasteiger partial charge >= 0.3 is 0 Å². The molecule has 0 bridgehead atoms. The number of carbonyl (C=O) groups is 1.